The van der Waals surface area contributed by atoms with Crippen molar-refractivity contribution in [3.8, 4) is 0 Å². The first-order chi connectivity index (χ1) is 41.0. The number of unbranched alkanes of at least 4 members (excludes halogenated alkanes) is 17. The summed E-state index contributed by atoms with van der Waals surface area (Å²) in [5, 5.41) is 0. The second-order valence-corrected chi connectivity index (χ2v) is 21.3. The van der Waals surface area contributed by atoms with Crippen LogP contribution in [-0.2, 0) is 28.6 Å². The van der Waals surface area contributed by atoms with Crippen LogP contribution in [0.2, 0.25) is 0 Å². The lowest BCUT2D eigenvalue weighted by Crippen LogP contribution is -2.30. The number of esters is 3. The van der Waals surface area contributed by atoms with E-state index in [1.807, 2.05) is 0 Å². The molecular weight excluding hydrogens is 1020 g/mol. The number of carbonyl (C=O) groups excluding carboxylic acids is 3. The van der Waals surface area contributed by atoms with Crippen molar-refractivity contribution < 1.29 is 28.6 Å². The van der Waals surface area contributed by atoms with Crippen molar-refractivity contribution >= 4 is 17.9 Å². The molecule has 0 aromatic heterocycles. The first kappa shape index (κ1) is 77.5. The van der Waals surface area contributed by atoms with E-state index in [2.05, 4.69) is 203 Å². The minimum absolute atomic E-state index is 0.105. The van der Waals surface area contributed by atoms with Gasteiger partial charge in [-0.1, -0.05) is 274 Å². The standard InChI is InChI=1S/C77H120O6/c1-4-7-10-13-16-19-22-24-26-28-30-32-34-36-37-38-39-41-42-44-46-48-50-52-55-58-61-64-67-70-76(79)82-73-74(72-81-75(78)69-66-63-60-57-54-21-18-15-12-9-6-3)83-77(80)71-68-65-62-59-56-53-51-49-47-45-43-40-35-33-31-29-27-25-23-20-17-14-11-8-5-2/h7-8,10-11,15-20,24-27,30-33,36-37,39-41,43-44,46-47,49-50,52,74H,4-6,9,12-14,21-23,28-29,34-35,38,42,45,48,51,53-73H2,1-3H3/b10-7-,11-8-,18-15-,19-16-,20-17-,26-24-,27-25-,32-30-,33-31-,37-36-,41-39-,43-40-,46-44-,49-47-,52-50-. The SMILES string of the molecule is CC/C=C\C/C=C\C/C=C\C/C=C\C/C=C\C/C=C\C/C=C\C/C=C\CCCCCCC(=O)OCC(COC(=O)CCCCCCC/C=C\CCCC)OC(=O)CCCCCCCC/C=C\C/C=C\C/C=C\C/C=C\C/C=C\C/C=C\CC. The molecule has 6 heteroatoms. The highest BCUT2D eigenvalue weighted by Crippen LogP contribution is 2.14. The van der Waals surface area contributed by atoms with E-state index in [-0.39, 0.29) is 31.1 Å². The van der Waals surface area contributed by atoms with E-state index in [0.29, 0.717) is 19.3 Å². The zero-order chi connectivity index (χ0) is 59.9. The highest BCUT2D eigenvalue weighted by Gasteiger charge is 2.19. The van der Waals surface area contributed by atoms with E-state index in [1.54, 1.807) is 0 Å². The zero-order valence-electron chi connectivity index (χ0n) is 53.1. The average Bonchev–Trinajstić information content (AvgIpc) is 3.48. The number of ether oxygens (including phenoxy) is 3. The highest BCUT2D eigenvalue weighted by molar-refractivity contribution is 5.71. The van der Waals surface area contributed by atoms with Crippen molar-refractivity contribution in [3.63, 3.8) is 0 Å². The molecule has 0 radical (unpaired) electrons. The lowest BCUT2D eigenvalue weighted by Gasteiger charge is -2.18. The van der Waals surface area contributed by atoms with Crippen LogP contribution in [-0.4, -0.2) is 37.2 Å². The van der Waals surface area contributed by atoms with Gasteiger partial charge in [0.1, 0.15) is 13.2 Å². The first-order valence-corrected chi connectivity index (χ1v) is 33.3. The van der Waals surface area contributed by atoms with Gasteiger partial charge in [-0.15, -0.1) is 0 Å². The minimum atomic E-state index is -0.812. The van der Waals surface area contributed by atoms with Crippen molar-refractivity contribution in [2.45, 2.75) is 271 Å². The topological polar surface area (TPSA) is 78.9 Å². The third kappa shape index (κ3) is 67.2. The second-order valence-electron chi connectivity index (χ2n) is 21.3. The van der Waals surface area contributed by atoms with Crippen LogP contribution in [0.5, 0.6) is 0 Å². The van der Waals surface area contributed by atoms with Crippen LogP contribution in [0, 0.1) is 0 Å². The maximum Gasteiger partial charge on any atom is 0.306 e. The molecule has 0 aliphatic heterocycles. The fraction of sp³-hybridized carbons (Fsp3) is 0.571. The molecule has 0 amide bonds. The number of carbonyl (C=O) groups is 3. The molecule has 0 fully saturated rings. The van der Waals surface area contributed by atoms with Gasteiger partial charge in [0.05, 0.1) is 0 Å². The van der Waals surface area contributed by atoms with Gasteiger partial charge >= 0.3 is 17.9 Å². The van der Waals surface area contributed by atoms with Gasteiger partial charge in [0.2, 0.25) is 0 Å². The molecule has 0 rings (SSSR count). The van der Waals surface area contributed by atoms with Crippen molar-refractivity contribution in [1.29, 1.82) is 0 Å². The Morgan fingerprint density at radius 1 is 0.253 bits per heavy atom. The predicted octanol–water partition coefficient (Wildman–Crippen LogP) is 23.2. The maximum absolute atomic E-state index is 12.9. The summed E-state index contributed by atoms with van der Waals surface area (Å²) in [4.78, 5) is 38.3. The van der Waals surface area contributed by atoms with Crippen LogP contribution in [0.3, 0.4) is 0 Å². The molecule has 0 N–H and O–H groups in total. The van der Waals surface area contributed by atoms with Gasteiger partial charge in [-0.2, -0.15) is 0 Å². The Morgan fingerprint density at radius 2 is 0.470 bits per heavy atom. The summed E-state index contributed by atoms with van der Waals surface area (Å²) in [6.07, 6.45) is 103. The van der Waals surface area contributed by atoms with Gasteiger partial charge in [0.15, 0.2) is 6.10 Å². The van der Waals surface area contributed by atoms with Crippen molar-refractivity contribution in [1.82, 2.24) is 0 Å². The minimum Gasteiger partial charge on any atom is -0.462 e. The summed E-state index contributed by atoms with van der Waals surface area (Å²) >= 11 is 0. The fourth-order valence-electron chi connectivity index (χ4n) is 8.44. The molecular formula is C77H120O6. The van der Waals surface area contributed by atoms with E-state index < -0.39 is 6.10 Å². The number of rotatable bonds is 58. The first-order valence-electron chi connectivity index (χ1n) is 33.3. The predicted molar refractivity (Wildman–Crippen MR) is 361 cm³/mol. The normalized spacial score (nSPS) is 13.3. The Bertz CT molecular complexity index is 1940. The molecule has 464 valence electrons. The molecule has 0 aromatic carbocycles. The van der Waals surface area contributed by atoms with Crippen molar-refractivity contribution in [3.05, 3.63) is 182 Å². The van der Waals surface area contributed by atoms with Crippen LogP contribution in [0.15, 0.2) is 182 Å². The van der Waals surface area contributed by atoms with Gasteiger partial charge in [-0.25, -0.2) is 0 Å². The third-order valence-electron chi connectivity index (χ3n) is 13.4. The summed E-state index contributed by atoms with van der Waals surface area (Å²) in [5.41, 5.74) is 0. The Hall–Kier alpha value is -5.49. The molecule has 0 aromatic rings. The Balaban J connectivity index is 4.41. The van der Waals surface area contributed by atoms with E-state index in [4.69, 9.17) is 14.2 Å². The molecule has 0 saturated heterocycles. The van der Waals surface area contributed by atoms with E-state index in [0.717, 1.165) is 186 Å². The van der Waals surface area contributed by atoms with Crippen LogP contribution in [0.1, 0.15) is 265 Å². The van der Waals surface area contributed by atoms with Gasteiger partial charge < -0.3 is 14.2 Å². The molecule has 6 nitrogen and oxygen atoms in total. The van der Waals surface area contributed by atoms with Crippen LogP contribution in [0.4, 0.5) is 0 Å². The lowest BCUT2D eigenvalue weighted by atomic mass is 10.1. The van der Waals surface area contributed by atoms with Gasteiger partial charge in [0, 0.05) is 19.3 Å². The number of allylic oxidation sites excluding steroid dienone is 30. The van der Waals surface area contributed by atoms with Gasteiger partial charge in [-0.05, 0) is 154 Å². The molecule has 0 spiro atoms. The third-order valence-corrected chi connectivity index (χ3v) is 13.4. The van der Waals surface area contributed by atoms with E-state index in [1.165, 1.54) is 38.5 Å². The molecule has 0 heterocycles. The van der Waals surface area contributed by atoms with Crippen LogP contribution in [0.25, 0.3) is 0 Å². The fourth-order valence-corrected chi connectivity index (χ4v) is 8.44. The smallest absolute Gasteiger partial charge is 0.306 e. The maximum atomic E-state index is 12.9. The summed E-state index contributed by atoms with van der Waals surface area (Å²) < 4.78 is 16.9. The average molecular weight is 1140 g/mol. The molecule has 1 unspecified atom stereocenters. The summed E-state index contributed by atoms with van der Waals surface area (Å²) in [6.45, 7) is 6.32. The number of hydrogen-bond donors (Lipinski definition) is 0. The monoisotopic (exact) mass is 1140 g/mol. The van der Waals surface area contributed by atoms with Crippen LogP contribution < -0.4 is 0 Å². The lowest BCUT2D eigenvalue weighted by molar-refractivity contribution is -0.167. The Labute approximate surface area is 510 Å². The highest BCUT2D eigenvalue weighted by atomic mass is 16.6. The Kier molecular flexibility index (Phi) is 64.4. The quantitative estimate of drug-likeness (QED) is 0.0261. The number of hydrogen-bond acceptors (Lipinski definition) is 6. The zero-order valence-corrected chi connectivity index (χ0v) is 53.1. The molecule has 1 atom stereocenters. The van der Waals surface area contributed by atoms with Crippen molar-refractivity contribution in [2.75, 3.05) is 13.2 Å². The molecule has 83 heavy (non-hydrogen) atoms. The summed E-state index contributed by atoms with van der Waals surface area (Å²) in [5.74, 6) is -0.962. The summed E-state index contributed by atoms with van der Waals surface area (Å²) in [6, 6.07) is 0. The molecule has 0 bridgehead atoms. The summed E-state index contributed by atoms with van der Waals surface area (Å²) in [7, 11) is 0. The van der Waals surface area contributed by atoms with Gasteiger partial charge in [-0.3, -0.25) is 14.4 Å². The van der Waals surface area contributed by atoms with Gasteiger partial charge in [0.25, 0.3) is 0 Å². The molecule has 0 aliphatic carbocycles. The van der Waals surface area contributed by atoms with Crippen LogP contribution >= 0.6 is 0 Å². The molecule has 0 saturated carbocycles. The van der Waals surface area contributed by atoms with Crippen molar-refractivity contribution in [2.24, 2.45) is 0 Å². The second kappa shape index (κ2) is 69.0. The largest absolute Gasteiger partial charge is 0.462 e. The Morgan fingerprint density at radius 3 is 0.747 bits per heavy atom. The van der Waals surface area contributed by atoms with E-state index >= 15 is 0 Å². The molecule has 0 aliphatic rings. The van der Waals surface area contributed by atoms with E-state index in [9.17, 15) is 14.4 Å².